The summed E-state index contributed by atoms with van der Waals surface area (Å²) in [6.45, 7) is 5.59. The highest BCUT2D eigenvalue weighted by atomic mass is 16.6. The molecule has 2 aromatic rings. The van der Waals surface area contributed by atoms with Crippen molar-refractivity contribution in [3.63, 3.8) is 0 Å². The molecule has 0 radical (unpaired) electrons. The summed E-state index contributed by atoms with van der Waals surface area (Å²) in [6.07, 6.45) is 0. The third kappa shape index (κ3) is 4.41. The van der Waals surface area contributed by atoms with Crippen LogP contribution in [0.25, 0.3) is 0 Å². The zero-order chi connectivity index (χ0) is 18.4. The van der Waals surface area contributed by atoms with Crippen LogP contribution in [0.15, 0.2) is 47.6 Å². The molecule has 7 heteroatoms. The van der Waals surface area contributed by atoms with Crippen LogP contribution < -0.4 is 10.2 Å². The molecule has 0 saturated carbocycles. The minimum absolute atomic E-state index is 0.140. The van der Waals surface area contributed by atoms with Crippen LogP contribution in [0, 0.1) is 17.0 Å². The summed E-state index contributed by atoms with van der Waals surface area (Å²) in [6, 6.07) is 11.7. The Morgan fingerprint density at radius 2 is 2.00 bits per heavy atom. The molecule has 2 aromatic carbocycles. The average Bonchev–Trinajstić information content (AvgIpc) is 2.60. The number of aryl methyl sites for hydroxylation is 1. The van der Waals surface area contributed by atoms with E-state index in [0.29, 0.717) is 23.4 Å². The van der Waals surface area contributed by atoms with Gasteiger partial charge in [-0.25, -0.2) is 5.43 Å². The van der Waals surface area contributed by atoms with E-state index in [1.807, 2.05) is 19.1 Å². The minimum atomic E-state index is -0.506. The maximum atomic E-state index is 12.2. The van der Waals surface area contributed by atoms with Crippen molar-refractivity contribution in [2.75, 3.05) is 6.61 Å². The van der Waals surface area contributed by atoms with Crippen molar-refractivity contribution in [3.05, 3.63) is 69.3 Å². The van der Waals surface area contributed by atoms with E-state index in [4.69, 9.17) is 4.74 Å². The molecule has 0 aromatic heterocycles. The van der Waals surface area contributed by atoms with E-state index < -0.39 is 4.92 Å². The van der Waals surface area contributed by atoms with Gasteiger partial charge in [0.1, 0.15) is 0 Å². The zero-order valence-electron chi connectivity index (χ0n) is 14.3. The van der Waals surface area contributed by atoms with E-state index in [-0.39, 0.29) is 17.3 Å². The fourth-order valence-electron chi connectivity index (χ4n) is 2.25. The van der Waals surface area contributed by atoms with Crippen LogP contribution in [0.4, 0.5) is 5.69 Å². The summed E-state index contributed by atoms with van der Waals surface area (Å²) in [5.74, 6) is -0.133. The Kier molecular flexibility index (Phi) is 5.84. The molecule has 0 atom stereocenters. The van der Waals surface area contributed by atoms with Crippen LogP contribution in [-0.4, -0.2) is 23.1 Å². The number of benzene rings is 2. The molecule has 2 rings (SSSR count). The van der Waals surface area contributed by atoms with Gasteiger partial charge in [-0.2, -0.15) is 5.10 Å². The number of nitrogens with one attached hydrogen (secondary N) is 1. The molecule has 0 unspecified atom stereocenters. The van der Waals surface area contributed by atoms with Crippen molar-refractivity contribution in [1.82, 2.24) is 5.43 Å². The first-order chi connectivity index (χ1) is 11.9. The quantitative estimate of drug-likeness (QED) is 0.494. The first kappa shape index (κ1) is 18.1. The van der Waals surface area contributed by atoms with Crippen LogP contribution in [0.1, 0.15) is 35.3 Å². The van der Waals surface area contributed by atoms with Gasteiger partial charge in [0, 0.05) is 17.2 Å². The van der Waals surface area contributed by atoms with Crippen LogP contribution in [0.3, 0.4) is 0 Å². The number of carbonyl (C=O) groups is 1. The number of rotatable bonds is 6. The predicted molar refractivity (Wildman–Crippen MR) is 95.1 cm³/mol. The van der Waals surface area contributed by atoms with Gasteiger partial charge < -0.3 is 4.74 Å². The van der Waals surface area contributed by atoms with Crippen molar-refractivity contribution < 1.29 is 14.5 Å². The lowest BCUT2D eigenvalue weighted by Gasteiger charge is -2.07. The fourth-order valence-corrected chi connectivity index (χ4v) is 2.25. The summed E-state index contributed by atoms with van der Waals surface area (Å²) < 4.78 is 5.25. The number of carbonyl (C=O) groups excluding carboxylic acids is 1. The second kappa shape index (κ2) is 8.05. The third-order valence-electron chi connectivity index (χ3n) is 3.59. The molecule has 1 N–H and O–H groups in total. The smallest absolute Gasteiger partial charge is 0.311 e. The Labute approximate surface area is 145 Å². The van der Waals surface area contributed by atoms with E-state index in [9.17, 15) is 14.9 Å². The summed E-state index contributed by atoms with van der Waals surface area (Å²) in [5.41, 5.74) is 4.68. The monoisotopic (exact) mass is 341 g/mol. The Morgan fingerprint density at radius 3 is 2.64 bits per heavy atom. The Bertz CT molecular complexity index is 831. The Balaban J connectivity index is 2.22. The lowest BCUT2D eigenvalue weighted by molar-refractivity contribution is -0.385. The lowest BCUT2D eigenvalue weighted by Crippen LogP contribution is -2.20. The number of hydrogen-bond donors (Lipinski definition) is 1. The molecular weight excluding hydrogens is 322 g/mol. The van der Waals surface area contributed by atoms with Crippen molar-refractivity contribution in [1.29, 1.82) is 0 Å². The largest absolute Gasteiger partial charge is 0.487 e. The number of amides is 1. The minimum Gasteiger partial charge on any atom is -0.487 e. The van der Waals surface area contributed by atoms with Crippen LogP contribution in [0.2, 0.25) is 0 Å². The molecule has 0 aliphatic heterocycles. The lowest BCUT2D eigenvalue weighted by atomic mass is 10.1. The van der Waals surface area contributed by atoms with Crippen molar-refractivity contribution >= 4 is 17.3 Å². The molecule has 130 valence electrons. The second-order valence-electron chi connectivity index (χ2n) is 5.33. The van der Waals surface area contributed by atoms with Gasteiger partial charge in [0.05, 0.1) is 17.2 Å². The van der Waals surface area contributed by atoms with Crippen LogP contribution in [-0.2, 0) is 0 Å². The molecule has 0 bridgehead atoms. The molecule has 0 fully saturated rings. The van der Waals surface area contributed by atoms with E-state index in [1.54, 1.807) is 32.0 Å². The zero-order valence-corrected chi connectivity index (χ0v) is 14.3. The SMILES string of the molecule is CCOc1ccc(/C(C)=N/NC(=O)c2ccccc2C)cc1[N+](=O)[O-]. The van der Waals surface area contributed by atoms with Gasteiger partial charge in [0.2, 0.25) is 0 Å². The van der Waals surface area contributed by atoms with Crippen LogP contribution in [0.5, 0.6) is 5.75 Å². The van der Waals surface area contributed by atoms with Gasteiger partial charge in [0.15, 0.2) is 5.75 Å². The standard InChI is InChI=1S/C18H19N3O4/c1-4-25-17-10-9-14(11-16(17)21(23)24)13(3)19-20-18(22)15-8-6-5-7-12(15)2/h5-11H,4H2,1-3H3,(H,20,22)/b19-13+. The summed E-state index contributed by atoms with van der Waals surface area (Å²) in [4.78, 5) is 22.8. The number of nitrogens with zero attached hydrogens (tertiary/aromatic N) is 2. The van der Waals surface area contributed by atoms with Crippen molar-refractivity contribution in [2.45, 2.75) is 20.8 Å². The van der Waals surface area contributed by atoms with Crippen molar-refractivity contribution in [3.8, 4) is 5.75 Å². The van der Waals surface area contributed by atoms with Gasteiger partial charge in [-0.05, 0) is 44.5 Å². The predicted octanol–water partition coefficient (Wildman–Crippen LogP) is 3.46. The molecule has 0 aliphatic rings. The van der Waals surface area contributed by atoms with Crippen LogP contribution >= 0.6 is 0 Å². The van der Waals surface area contributed by atoms with E-state index in [0.717, 1.165) is 5.56 Å². The maximum absolute atomic E-state index is 12.2. The van der Waals surface area contributed by atoms with Crippen molar-refractivity contribution in [2.24, 2.45) is 5.10 Å². The van der Waals surface area contributed by atoms with E-state index in [2.05, 4.69) is 10.5 Å². The Hall–Kier alpha value is -3.22. The molecule has 0 saturated heterocycles. The molecule has 0 heterocycles. The highest BCUT2D eigenvalue weighted by Gasteiger charge is 2.17. The highest BCUT2D eigenvalue weighted by molar-refractivity contribution is 6.01. The number of hydrazone groups is 1. The number of hydrogen-bond acceptors (Lipinski definition) is 5. The topological polar surface area (TPSA) is 93.8 Å². The Morgan fingerprint density at radius 1 is 1.28 bits per heavy atom. The number of nitro groups is 1. The number of ether oxygens (including phenoxy) is 1. The summed E-state index contributed by atoms with van der Waals surface area (Å²) >= 11 is 0. The first-order valence-corrected chi connectivity index (χ1v) is 7.76. The molecular formula is C18H19N3O4. The first-order valence-electron chi connectivity index (χ1n) is 7.76. The van der Waals surface area contributed by atoms with Gasteiger partial charge in [0.25, 0.3) is 5.91 Å². The van der Waals surface area contributed by atoms with Gasteiger partial charge in [-0.3, -0.25) is 14.9 Å². The van der Waals surface area contributed by atoms with Gasteiger partial charge in [-0.15, -0.1) is 0 Å². The molecule has 7 nitrogen and oxygen atoms in total. The molecule has 0 aliphatic carbocycles. The third-order valence-corrected chi connectivity index (χ3v) is 3.59. The summed E-state index contributed by atoms with van der Waals surface area (Å²) in [5, 5.41) is 15.2. The van der Waals surface area contributed by atoms with E-state index >= 15 is 0 Å². The average molecular weight is 341 g/mol. The van der Waals surface area contributed by atoms with Gasteiger partial charge in [-0.1, -0.05) is 18.2 Å². The van der Waals surface area contributed by atoms with E-state index in [1.165, 1.54) is 12.1 Å². The maximum Gasteiger partial charge on any atom is 0.311 e. The fraction of sp³-hybridized carbons (Fsp3) is 0.222. The molecule has 0 spiro atoms. The second-order valence-corrected chi connectivity index (χ2v) is 5.33. The number of nitro benzene ring substituents is 1. The van der Waals surface area contributed by atoms with Gasteiger partial charge >= 0.3 is 5.69 Å². The molecule has 1 amide bonds. The molecule has 25 heavy (non-hydrogen) atoms. The normalized spacial score (nSPS) is 11.1. The highest BCUT2D eigenvalue weighted by Crippen LogP contribution is 2.28. The summed E-state index contributed by atoms with van der Waals surface area (Å²) in [7, 11) is 0.